The number of hydrogen-bond acceptors (Lipinski definition) is 4. The normalized spacial score (nSPS) is 11.8. The predicted molar refractivity (Wildman–Crippen MR) is 162 cm³/mol. The Morgan fingerprint density at radius 2 is 1.14 bits per heavy atom. The molecule has 0 aliphatic rings. The largest absolute Gasteiger partial charge is 0.310 e. The first-order valence-corrected chi connectivity index (χ1v) is 13.9. The molecule has 174 valence electrons. The maximum Gasteiger partial charge on any atom is 0.0894 e. The van der Waals surface area contributed by atoms with Gasteiger partial charge in [-0.05, 0) is 48.5 Å². The molecule has 0 unspecified atom stereocenters. The summed E-state index contributed by atoms with van der Waals surface area (Å²) >= 11 is 3.68. The topological polar surface area (TPSA) is 16.1 Å². The van der Waals surface area contributed by atoms with Crippen molar-refractivity contribution in [2.24, 2.45) is 0 Å². The lowest BCUT2D eigenvalue weighted by atomic mass is 10.1. The summed E-state index contributed by atoms with van der Waals surface area (Å²) in [6.45, 7) is 0. The van der Waals surface area contributed by atoms with Crippen molar-refractivity contribution in [2.75, 3.05) is 4.90 Å². The number of thiophene rings is 2. The van der Waals surface area contributed by atoms with Gasteiger partial charge in [0.1, 0.15) is 0 Å². The van der Waals surface area contributed by atoms with Crippen molar-refractivity contribution in [3.05, 3.63) is 121 Å². The summed E-state index contributed by atoms with van der Waals surface area (Å²) in [5.41, 5.74) is 4.51. The van der Waals surface area contributed by atoms with Crippen LogP contribution in [0, 0.1) is 0 Å². The molecule has 8 aromatic rings. The van der Waals surface area contributed by atoms with E-state index in [4.69, 9.17) is 4.98 Å². The van der Waals surface area contributed by atoms with E-state index in [1.165, 1.54) is 40.3 Å². The molecule has 0 fully saturated rings. The molecule has 3 aromatic heterocycles. The zero-order valence-electron chi connectivity index (χ0n) is 19.8. The van der Waals surface area contributed by atoms with Gasteiger partial charge in [0.25, 0.3) is 0 Å². The van der Waals surface area contributed by atoms with Crippen LogP contribution in [0.4, 0.5) is 17.1 Å². The Bertz CT molecular complexity index is 2100. The molecule has 0 saturated heterocycles. The van der Waals surface area contributed by atoms with Gasteiger partial charge in [-0.15, -0.1) is 22.7 Å². The van der Waals surface area contributed by atoms with Crippen LogP contribution < -0.4 is 4.90 Å². The summed E-state index contributed by atoms with van der Waals surface area (Å²) < 4.78 is 5.16. The van der Waals surface area contributed by atoms with E-state index in [0.29, 0.717) is 0 Å². The van der Waals surface area contributed by atoms with Crippen molar-refractivity contribution in [1.29, 1.82) is 0 Å². The van der Waals surface area contributed by atoms with Crippen LogP contribution in [-0.4, -0.2) is 4.98 Å². The number of anilines is 3. The fraction of sp³-hybridized carbons (Fsp3) is 0. The Labute approximate surface area is 221 Å². The summed E-state index contributed by atoms with van der Waals surface area (Å²) in [6.07, 6.45) is 2.03. The van der Waals surface area contributed by atoms with Crippen LogP contribution in [-0.2, 0) is 0 Å². The first kappa shape index (κ1) is 20.9. The minimum Gasteiger partial charge on any atom is -0.310 e. The highest BCUT2D eigenvalue weighted by molar-refractivity contribution is 7.26. The first-order chi connectivity index (χ1) is 18.3. The lowest BCUT2D eigenvalue weighted by molar-refractivity contribution is 1.29. The third-order valence-corrected chi connectivity index (χ3v) is 9.40. The van der Waals surface area contributed by atoms with Crippen LogP contribution in [0.1, 0.15) is 0 Å². The summed E-state index contributed by atoms with van der Waals surface area (Å²) in [7, 11) is 0. The molecule has 0 radical (unpaired) electrons. The molecule has 5 aromatic carbocycles. The molecule has 0 spiro atoms. The minimum atomic E-state index is 1.09. The first-order valence-electron chi connectivity index (χ1n) is 12.3. The molecular weight excluding hydrogens is 489 g/mol. The van der Waals surface area contributed by atoms with Gasteiger partial charge in [-0.3, -0.25) is 4.98 Å². The van der Waals surface area contributed by atoms with E-state index in [-0.39, 0.29) is 0 Å². The van der Waals surface area contributed by atoms with E-state index in [9.17, 15) is 0 Å². The van der Waals surface area contributed by atoms with Gasteiger partial charge in [0.15, 0.2) is 0 Å². The molecule has 0 bridgehead atoms. The van der Waals surface area contributed by atoms with E-state index in [2.05, 4.69) is 120 Å². The Balaban J connectivity index is 1.33. The maximum absolute atomic E-state index is 4.90. The molecule has 37 heavy (non-hydrogen) atoms. The smallest absolute Gasteiger partial charge is 0.0894 e. The van der Waals surface area contributed by atoms with Gasteiger partial charge in [0, 0.05) is 64.3 Å². The monoisotopic (exact) mass is 508 g/mol. The van der Waals surface area contributed by atoms with Crippen molar-refractivity contribution in [2.45, 2.75) is 0 Å². The average Bonchev–Trinajstić information content (AvgIpc) is 3.52. The molecule has 0 aliphatic heterocycles. The Morgan fingerprint density at radius 3 is 1.97 bits per heavy atom. The van der Waals surface area contributed by atoms with Crippen molar-refractivity contribution < 1.29 is 0 Å². The summed E-state index contributed by atoms with van der Waals surface area (Å²) in [4.78, 5) is 7.25. The molecule has 2 nitrogen and oxygen atoms in total. The number of pyridine rings is 1. The summed E-state index contributed by atoms with van der Waals surface area (Å²) in [5.74, 6) is 0. The molecular formula is C33H20N2S2. The van der Waals surface area contributed by atoms with E-state index in [0.717, 1.165) is 28.0 Å². The Morgan fingerprint density at radius 1 is 0.486 bits per heavy atom. The van der Waals surface area contributed by atoms with Gasteiger partial charge in [0.05, 0.1) is 10.2 Å². The third kappa shape index (κ3) is 3.27. The molecule has 0 atom stereocenters. The van der Waals surface area contributed by atoms with Crippen LogP contribution in [0.3, 0.4) is 0 Å². The number of hydrogen-bond donors (Lipinski definition) is 0. The van der Waals surface area contributed by atoms with Crippen molar-refractivity contribution in [1.82, 2.24) is 4.98 Å². The van der Waals surface area contributed by atoms with Gasteiger partial charge in [-0.2, -0.15) is 0 Å². The number of aromatic nitrogens is 1. The van der Waals surface area contributed by atoms with Crippen molar-refractivity contribution in [3.63, 3.8) is 0 Å². The van der Waals surface area contributed by atoms with Gasteiger partial charge in [-0.25, -0.2) is 0 Å². The molecule has 4 heteroatoms. The fourth-order valence-electron chi connectivity index (χ4n) is 5.36. The standard InChI is InChI=1S/C33H20N2S2/c1-2-8-22(9-3-1)35(24-15-17-27-26-10-4-6-12-29(26)36-31(27)19-24)23-14-16-25-21(18-23)20-34-32-28-11-5-7-13-30(28)37-33(25)32/h1-20H. The molecule has 0 aliphatic carbocycles. The van der Waals surface area contributed by atoms with Gasteiger partial charge >= 0.3 is 0 Å². The average molecular weight is 509 g/mol. The van der Waals surface area contributed by atoms with E-state index in [1.54, 1.807) is 0 Å². The highest BCUT2D eigenvalue weighted by atomic mass is 32.1. The third-order valence-electron chi connectivity index (χ3n) is 7.07. The molecule has 0 amide bonds. The Kier molecular flexibility index (Phi) is 4.59. The molecule has 0 saturated carbocycles. The van der Waals surface area contributed by atoms with Crippen molar-refractivity contribution >= 4 is 91.0 Å². The number of para-hydroxylation sites is 1. The minimum absolute atomic E-state index is 1.09. The van der Waals surface area contributed by atoms with Gasteiger partial charge in [-0.1, -0.05) is 66.7 Å². The van der Waals surface area contributed by atoms with Crippen LogP contribution in [0.25, 0.3) is 51.2 Å². The zero-order valence-corrected chi connectivity index (χ0v) is 21.4. The fourth-order valence-corrected chi connectivity index (χ4v) is 7.69. The predicted octanol–water partition coefficient (Wildman–Crippen LogP) is 10.4. The molecule has 8 rings (SSSR count). The van der Waals surface area contributed by atoms with Gasteiger partial charge in [0.2, 0.25) is 0 Å². The SMILES string of the molecule is c1ccc(N(c2ccc3c(cnc4c5ccccc5sc34)c2)c2ccc3c(c2)sc2ccccc23)cc1. The van der Waals surface area contributed by atoms with Crippen LogP contribution in [0.15, 0.2) is 121 Å². The number of fused-ring (bicyclic) bond motifs is 8. The second-order valence-electron chi connectivity index (χ2n) is 9.26. The highest BCUT2D eigenvalue weighted by Crippen LogP contribution is 2.42. The Hall–Kier alpha value is -4.25. The van der Waals surface area contributed by atoms with Gasteiger partial charge < -0.3 is 4.90 Å². The number of benzene rings is 5. The lowest BCUT2D eigenvalue weighted by Gasteiger charge is -2.26. The lowest BCUT2D eigenvalue weighted by Crippen LogP contribution is -2.09. The molecule has 0 N–H and O–H groups in total. The maximum atomic E-state index is 4.90. The van der Waals surface area contributed by atoms with Crippen LogP contribution in [0.5, 0.6) is 0 Å². The molecule has 3 heterocycles. The zero-order chi connectivity index (χ0) is 24.3. The van der Waals surface area contributed by atoms with E-state index < -0.39 is 0 Å². The highest BCUT2D eigenvalue weighted by Gasteiger charge is 2.16. The van der Waals surface area contributed by atoms with Crippen LogP contribution >= 0.6 is 22.7 Å². The van der Waals surface area contributed by atoms with Crippen molar-refractivity contribution in [3.8, 4) is 0 Å². The second-order valence-corrected chi connectivity index (χ2v) is 11.4. The number of rotatable bonds is 3. The van der Waals surface area contributed by atoms with E-state index in [1.807, 2.05) is 28.9 Å². The second kappa shape index (κ2) is 8.13. The summed E-state index contributed by atoms with van der Waals surface area (Å²) in [6, 6.07) is 41.4. The number of nitrogens with zero attached hydrogens (tertiary/aromatic N) is 2. The van der Waals surface area contributed by atoms with Crippen LogP contribution in [0.2, 0.25) is 0 Å². The van der Waals surface area contributed by atoms with E-state index >= 15 is 0 Å². The summed E-state index contributed by atoms with van der Waals surface area (Å²) in [5, 5.41) is 6.27. The quantitative estimate of drug-likeness (QED) is 0.236.